The number of carbonyl (C=O) groups excluding carboxylic acids is 1. The third-order valence-corrected chi connectivity index (χ3v) is 4.77. The Labute approximate surface area is 133 Å². The van der Waals surface area contributed by atoms with E-state index in [1.165, 1.54) is 0 Å². The highest BCUT2D eigenvalue weighted by Gasteiger charge is 2.12. The van der Waals surface area contributed by atoms with Crippen LogP contribution in [0.4, 0.5) is 0 Å². The predicted octanol–water partition coefficient (Wildman–Crippen LogP) is 3.85. The van der Waals surface area contributed by atoms with E-state index in [1.807, 2.05) is 32.9 Å². The summed E-state index contributed by atoms with van der Waals surface area (Å²) in [5.41, 5.74) is 1.10. The number of nitrogens with one attached hydrogen (secondary N) is 1. The molecule has 0 bridgehead atoms. The van der Waals surface area contributed by atoms with Gasteiger partial charge < -0.3 is 9.73 Å². The molecule has 0 unspecified atom stereocenters. The molecule has 0 aliphatic carbocycles. The van der Waals surface area contributed by atoms with Crippen molar-refractivity contribution in [2.24, 2.45) is 0 Å². The number of furan rings is 1. The molecule has 0 spiro atoms. The van der Waals surface area contributed by atoms with Crippen molar-refractivity contribution in [2.75, 3.05) is 5.75 Å². The van der Waals surface area contributed by atoms with E-state index >= 15 is 0 Å². The minimum Gasteiger partial charge on any atom is -0.464 e. The Morgan fingerprint density at radius 1 is 1.48 bits per heavy atom. The highest BCUT2D eigenvalue weighted by Crippen LogP contribution is 2.17. The van der Waals surface area contributed by atoms with Crippen molar-refractivity contribution in [3.05, 3.63) is 39.7 Å². The Bertz CT molecular complexity index is 592. The molecule has 0 aliphatic heterocycles. The van der Waals surface area contributed by atoms with Crippen LogP contribution in [0.25, 0.3) is 0 Å². The summed E-state index contributed by atoms with van der Waals surface area (Å²) < 4.78 is 5.50. The van der Waals surface area contributed by atoms with Gasteiger partial charge in [-0.15, -0.1) is 11.3 Å². The van der Waals surface area contributed by atoms with Gasteiger partial charge in [-0.1, -0.05) is 0 Å². The van der Waals surface area contributed by atoms with Crippen LogP contribution in [0.5, 0.6) is 0 Å². The number of hydrogen-bond acceptors (Lipinski definition) is 5. The van der Waals surface area contributed by atoms with Crippen LogP contribution in [0, 0.1) is 13.8 Å². The Morgan fingerprint density at radius 2 is 2.29 bits per heavy atom. The summed E-state index contributed by atoms with van der Waals surface area (Å²) in [6.45, 7) is 5.83. The summed E-state index contributed by atoms with van der Waals surface area (Å²) in [5.74, 6) is 3.38. The first-order chi connectivity index (χ1) is 10.0. The van der Waals surface area contributed by atoms with Gasteiger partial charge in [-0.25, -0.2) is 4.98 Å². The number of thioether (sulfide) groups is 1. The van der Waals surface area contributed by atoms with Gasteiger partial charge in [-0.2, -0.15) is 11.8 Å². The van der Waals surface area contributed by atoms with Crippen LogP contribution >= 0.6 is 23.1 Å². The standard InChI is InChI=1S/C15H20N2O2S2/c1-10-4-5-14(19-10)11(2)16-15(18)6-7-20-8-13-9-21-12(3)17-13/h4-5,9,11H,6-8H2,1-3H3,(H,16,18)/t11-/m1/s1. The first kappa shape index (κ1) is 16.1. The molecule has 1 amide bonds. The summed E-state index contributed by atoms with van der Waals surface area (Å²) >= 11 is 3.40. The molecule has 0 aliphatic rings. The average molecular weight is 324 g/mol. The van der Waals surface area contributed by atoms with Crippen molar-refractivity contribution in [3.8, 4) is 0 Å². The van der Waals surface area contributed by atoms with E-state index in [0.717, 1.165) is 33.7 Å². The van der Waals surface area contributed by atoms with E-state index in [9.17, 15) is 4.79 Å². The SMILES string of the molecule is Cc1ccc([C@@H](C)NC(=O)CCSCc2csc(C)n2)o1. The summed E-state index contributed by atoms with van der Waals surface area (Å²) in [4.78, 5) is 16.3. The molecule has 2 aromatic rings. The second-order valence-electron chi connectivity index (χ2n) is 4.90. The van der Waals surface area contributed by atoms with Crippen molar-refractivity contribution in [1.82, 2.24) is 10.3 Å². The quantitative estimate of drug-likeness (QED) is 0.786. The molecule has 1 N–H and O–H groups in total. The molecule has 6 heteroatoms. The van der Waals surface area contributed by atoms with Crippen LogP contribution in [-0.4, -0.2) is 16.6 Å². The minimum atomic E-state index is -0.0857. The van der Waals surface area contributed by atoms with Gasteiger partial charge in [-0.05, 0) is 32.9 Å². The fraction of sp³-hybridized carbons (Fsp3) is 0.467. The number of aromatic nitrogens is 1. The first-order valence-electron chi connectivity index (χ1n) is 6.89. The number of aryl methyl sites for hydroxylation is 2. The van der Waals surface area contributed by atoms with E-state index in [4.69, 9.17) is 4.42 Å². The smallest absolute Gasteiger partial charge is 0.221 e. The monoisotopic (exact) mass is 324 g/mol. The van der Waals surface area contributed by atoms with Gasteiger partial charge >= 0.3 is 0 Å². The summed E-state index contributed by atoms with van der Waals surface area (Å²) in [7, 11) is 0. The lowest BCUT2D eigenvalue weighted by molar-refractivity contribution is -0.121. The second kappa shape index (κ2) is 7.66. The topological polar surface area (TPSA) is 55.1 Å². The lowest BCUT2D eigenvalue weighted by Crippen LogP contribution is -2.26. The zero-order valence-corrected chi connectivity index (χ0v) is 14.1. The van der Waals surface area contributed by atoms with Crippen LogP contribution in [-0.2, 0) is 10.5 Å². The Hall–Kier alpha value is -1.27. The molecule has 0 radical (unpaired) electrons. The highest BCUT2D eigenvalue weighted by molar-refractivity contribution is 7.98. The van der Waals surface area contributed by atoms with Crippen LogP contribution < -0.4 is 5.32 Å². The minimum absolute atomic E-state index is 0.0542. The molecule has 114 valence electrons. The molecule has 0 aromatic carbocycles. The summed E-state index contributed by atoms with van der Waals surface area (Å²) in [5, 5.41) is 6.11. The van der Waals surface area contributed by atoms with Crippen LogP contribution in [0.3, 0.4) is 0 Å². The fourth-order valence-corrected chi connectivity index (χ4v) is 3.44. The van der Waals surface area contributed by atoms with Gasteiger partial charge in [0.15, 0.2) is 0 Å². The summed E-state index contributed by atoms with van der Waals surface area (Å²) in [6.07, 6.45) is 0.512. The van der Waals surface area contributed by atoms with Crippen molar-refractivity contribution >= 4 is 29.0 Å². The van der Waals surface area contributed by atoms with Gasteiger partial charge in [0.2, 0.25) is 5.91 Å². The lowest BCUT2D eigenvalue weighted by Gasteiger charge is -2.11. The van der Waals surface area contributed by atoms with Gasteiger partial charge in [0.05, 0.1) is 16.7 Å². The van der Waals surface area contributed by atoms with Gasteiger partial charge in [0, 0.05) is 23.3 Å². The van der Waals surface area contributed by atoms with Crippen molar-refractivity contribution < 1.29 is 9.21 Å². The molecule has 1 atom stereocenters. The number of carbonyl (C=O) groups is 1. The molecule has 2 aromatic heterocycles. The molecular formula is C15H20N2O2S2. The van der Waals surface area contributed by atoms with Crippen LogP contribution in [0.2, 0.25) is 0 Å². The van der Waals surface area contributed by atoms with Gasteiger partial charge in [0.25, 0.3) is 0 Å². The molecule has 0 fully saturated rings. The fourth-order valence-electron chi connectivity index (χ4n) is 1.89. The predicted molar refractivity (Wildman–Crippen MR) is 87.6 cm³/mol. The normalized spacial score (nSPS) is 12.3. The number of thiazole rings is 1. The third-order valence-electron chi connectivity index (χ3n) is 2.96. The van der Waals surface area contributed by atoms with Crippen LogP contribution in [0.15, 0.2) is 21.9 Å². The maximum Gasteiger partial charge on any atom is 0.221 e. The second-order valence-corrected chi connectivity index (χ2v) is 7.07. The first-order valence-corrected chi connectivity index (χ1v) is 8.92. The molecule has 2 rings (SSSR count). The van der Waals surface area contributed by atoms with E-state index < -0.39 is 0 Å². The zero-order chi connectivity index (χ0) is 15.2. The Morgan fingerprint density at radius 3 is 2.90 bits per heavy atom. The van der Waals surface area contributed by atoms with Crippen molar-refractivity contribution in [2.45, 2.75) is 39.0 Å². The number of nitrogens with zero attached hydrogens (tertiary/aromatic N) is 1. The maximum absolute atomic E-state index is 11.9. The number of rotatable bonds is 7. The van der Waals surface area contributed by atoms with E-state index in [1.54, 1.807) is 23.1 Å². The van der Waals surface area contributed by atoms with E-state index in [-0.39, 0.29) is 11.9 Å². The molecule has 2 heterocycles. The van der Waals surface area contributed by atoms with E-state index in [0.29, 0.717) is 6.42 Å². The third kappa shape index (κ3) is 5.21. The maximum atomic E-state index is 11.9. The van der Waals surface area contributed by atoms with Crippen LogP contribution in [0.1, 0.15) is 41.6 Å². The average Bonchev–Trinajstić information content (AvgIpc) is 3.03. The number of hydrogen-bond donors (Lipinski definition) is 1. The van der Waals surface area contributed by atoms with E-state index in [2.05, 4.69) is 15.7 Å². The van der Waals surface area contributed by atoms with Gasteiger partial charge in [-0.3, -0.25) is 4.79 Å². The molecule has 4 nitrogen and oxygen atoms in total. The zero-order valence-electron chi connectivity index (χ0n) is 12.5. The molecule has 21 heavy (non-hydrogen) atoms. The molecular weight excluding hydrogens is 304 g/mol. The highest BCUT2D eigenvalue weighted by atomic mass is 32.2. The Kier molecular flexibility index (Phi) is 5.87. The van der Waals surface area contributed by atoms with Crippen molar-refractivity contribution in [1.29, 1.82) is 0 Å². The van der Waals surface area contributed by atoms with Gasteiger partial charge in [0.1, 0.15) is 11.5 Å². The van der Waals surface area contributed by atoms with Crippen molar-refractivity contribution in [3.63, 3.8) is 0 Å². The molecule has 0 saturated heterocycles. The largest absolute Gasteiger partial charge is 0.464 e. The summed E-state index contributed by atoms with van der Waals surface area (Å²) in [6, 6.07) is 3.72. The Balaban J connectivity index is 1.65. The number of amides is 1. The molecule has 0 saturated carbocycles. The lowest BCUT2D eigenvalue weighted by atomic mass is 10.2.